The van der Waals surface area contributed by atoms with Crippen LogP contribution in [0.1, 0.15) is 24.4 Å². The first-order valence-corrected chi connectivity index (χ1v) is 6.83. The van der Waals surface area contributed by atoms with Gasteiger partial charge in [-0.25, -0.2) is 13.2 Å². The number of hydrogen-bond acceptors (Lipinski definition) is 3. The van der Waals surface area contributed by atoms with Gasteiger partial charge < -0.3 is 10.4 Å². The number of nitrogens with one attached hydrogen (secondary N) is 1. The zero-order valence-corrected chi connectivity index (χ0v) is 12.4. The first kappa shape index (κ1) is 18.2. The molecule has 1 aliphatic heterocycles. The molecule has 2 N–H and O–H groups in total. The summed E-state index contributed by atoms with van der Waals surface area (Å²) in [4.78, 5) is 2.00. The van der Waals surface area contributed by atoms with E-state index in [1.165, 1.54) is 0 Å². The van der Waals surface area contributed by atoms with Crippen molar-refractivity contribution >= 4 is 12.4 Å². The fourth-order valence-corrected chi connectivity index (χ4v) is 2.63. The molecule has 1 atom stereocenters. The first-order chi connectivity index (χ1) is 9.63. The Hall–Kier alpha value is -0.820. The molecule has 1 aliphatic rings. The third-order valence-corrected chi connectivity index (χ3v) is 3.61. The summed E-state index contributed by atoms with van der Waals surface area (Å²) in [5.74, 6) is -2.93. The number of piperazine rings is 1. The fraction of sp³-hybridized carbons (Fsp3) is 0.571. The number of aliphatic hydroxyl groups excluding tert-OH is 1. The molecule has 0 spiro atoms. The van der Waals surface area contributed by atoms with Gasteiger partial charge in [-0.2, -0.15) is 0 Å². The van der Waals surface area contributed by atoms with Crippen molar-refractivity contribution < 1.29 is 18.3 Å². The van der Waals surface area contributed by atoms with E-state index in [1.807, 2.05) is 4.90 Å². The maximum atomic E-state index is 14.0. The highest BCUT2D eigenvalue weighted by atomic mass is 35.5. The van der Waals surface area contributed by atoms with Gasteiger partial charge in [0.25, 0.3) is 0 Å². The van der Waals surface area contributed by atoms with Gasteiger partial charge in [-0.3, -0.25) is 4.90 Å². The van der Waals surface area contributed by atoms with Crippen molar-refractivity contribution in [2.24, 2.45) is 0 Å². The van der Waals surface area contributed by atoms with Crippen LogP contribution in [0.5, 0.6) is 0 Å². The van der Waals surface area contributed by atoms with E-state index in [9.17, 15) is 13.2 Å². The van der Waals surface area contributed by atoms with Gasteiger partial charge in [0.15, 0.2) is 11.6 Å². The Balaban J connectivity index is 0.00000220. The van der Waals surface area contributed by atoms with Crippen molar-refractivity contribution in [1.82, 2.24) is 10.2 Å². The summed E-state index contributed by atoms with van der Waals surface area (Å²) in [5.41, 5.74) is 0.0397. The average Bonchev–Trinajstić information content (AvgIpc) is 2.45. The zero-order chi connectivity index (χ0) is 14.5. The van der Waals surface area contributed by atoms with Gasteiger partial charge in [0.1, 0.15) is 5.82 Å². The van der Waals surface area contributed by atoms with Crippen LogP contribution in [-0.4, -0.2) is 42.8 Å². The summed E-state index contributed by atoms with van der Waals surface area (Å²) < 4.78 is 40.7. The molecule has 0 amide bonds. The summed E-state index contributed by atoms with van der Waals surface area (Å²) >= 11 is 0. The number of nitrogens with zero attached hydrogens (tertiary/aromatic N) is 1. The molecule has 1 fully saturated rings. The molecule has 21 heavy (non-hydrogen) atoms. The third kappa shape index (κ3) is 4.57. The highest BCUT2D eigenvalue weighted by Crippen LogP contribution is 2.30. The lowest BCUT2D eigenvalue weighted by Gasteiger charge is -2.35. The molecule has 0 saturated carbocycles. The summed E-state index contributed by atoms with van der Waals surface area (Å²) in [6, 6.07) is 1.21. The zero-order valence-electron chi connectivity index (χ0n) is 11.6. The van der Waals surface area contributed by atoms with Gasteiger partial charge in [-0.05, 0) is 18.9 Å². The Morgan fingerprint density at radius 1 is 1.19 bits per heavy atom. The van der Waals surface area contributed by atoms with Crippen molar-refractivity contribution in [2.75, 3.05) is 32.8 Å². The maximum absolute atomic E-state index is 14.0. The average molecular weight is 325 g/mol. The van der Waals surface area contributed by atoms with Crippen LogP contribution in [0.2, 0.25) is 0 Å². The number of aliphatic hydroxyl groups is 1. The minimum absolute atomic E-state index is 0. The predicted molar refractivity (Wildman–Crippen MR) is 77.1 cm³/mol. The van der Waals surface area contributed by atoms with Gasteiger partial charge in [0.05, 0.1) is 0 Å². The second-order valence-corrected chi connectivity index (χ2v) is 4.96. The Morgan fingerprint density at radius 3 is 2.48 bits per heavy atom. The molecule has 2 rings (SSSR count). The van der Waals surface area contributed by atoms with Gasteiger partial charge in [-0.15, -0.1) is 12.4 Å². The van der Waals surface area contributed by atoms with Gasteiger partial charge in [-0.1, -0.05) is 0 Å². The summed E-state index contributed by atoms with van der Waals surface area (Å²) in [6.45, 7) is 2.87. The van der Waals surface area contributed by atoms with Crippen LogP contribution >= 0.6 is 12.4 Å². The van der Waals surface area contributed by atoms with Crippen LogP contribution in [0.4, 0.5) is 13.2 Å². The number of hydrogen-bond donors (Lipinski definition) is 2. The van der Waals surface area contributed by atoms with Crippen LogP contribution in [0.25, 0.3) is 0 Å². The number of rotatable bonds is 5. The van der Waals surface area contributed by atoms with E-state index < -0.39 is 23.5 Å². The van der Waals surface area contributed by atoms with Crippen LogP contribution in [-0.2, 0) is 0 Å². The Bertz CT molecular complexity index is 456. The minimum atomic E-state index is -1.16. The van der Waals surface area contributed by atoms with Crippen LogP contribution in [0, 0.1) is 17.5 Å². The second-order valence-electron chi connectivity index (χ2n) is 4.96. The molecule has 7 heteroatoms. The summed E-state index contributed by atoms with van der Waals surface area (Å²) in [7, 11) is 0. The van der Waals surface area contributed by atoms with E-state index in [0.717, 1.165) is 19.2 Å². The van der Waals surface area contributed by atoms with Gasteiger partial charge >= 0.3 is 0 Å². The van der Waals surface area contributed by atoms with Crippen molar-refractivity contribution in [2.45, 2.75) is 18.9 Å². The van der Waals surface area contributed by atoms with Crippen molar-refractivity contribution in [3.63, 3.8) is 0 Å². The lowest BCUT2D eigenvalue weighted by molar-refractivity contribution is 0.150. The van der Waals surface area contributed by atoms with E-state index in [-0.39, 0.29) is 24.6 Å². The second kappa shape index (κ2) is 8.58. The maximum Gasteiger partial charge on any atom is 0.163 e. The molecule has 120 valence electrons. The number of benzene rings is 1. The highest BCUT2D eigenvalue weighted by molar-refractivity contribution is 5.85. The van der Waals surface area contributed by atoms with E-state index >= 15 is 0 Å². The monoisotopic (exact) mass is 324 g/mol. The van der Waals surface area contributed by atoms with Crippen LogP contribution in [0.3, 0.4) is 0 Å². The smallest absolute Gasteiger partial charge is 0.163 e. The largest absolute Gasteiger partial charge is 0.396 e. The first-order valence-electron chi connectivity index (χ1n) is 6.83. The molecule has 0 bridgehead atoms. The van der Waals surface area contributed by atoms with E-state index in [2.05, 4.69) is 5.32 Å². The lowest BCUT2D eigenvalue weighted by Crippen LogP contribution is -2.45. The lowest BCUT2D eigenvalue weighted by atomic mass is 9.98. The molecule has 0 aromatic heterocycles. The van der Waals surface area contributed by atoms with Crippen molar-refractivity contribution in [1.29, 1.82) is 0 Å². The third-order valence-electron chi connectivity index (χ3n) is 3.61. The summed E-state index contributed by atoms with van der Waals surface area (Å²) in [6.07, 6.45) is 0.933. The molecule has 0 unspecified atom stereocenters. The van der Waals surface area contributed by atoms with Crippen molar-refractivity contribution in [3.05, 3.63) is 35.1 Å². The molecule has 1 saturated heterocycles. The molecule has 0 radical (unpaired) electrons. The molecule has 0 aliphatic carbocycles. The predicted octanol–water partition coefficient (Wildman–Crippen LogP) is 2.24. The minimum Gasteiger partial charge on any atom is -0.396 e. The summed E-state index contributed by atoms with van der Waals surface area (Å²) in [5, 5.41) is 12.1. The van der Waals surface area contributed by atoms with E-state index in [0.29, 0.717) is 32.0 Å². The standard InChI is InChI=1S/C14H19F3N2O.ClH/c15-10-8-11(14(17)12(16)9-10)13(2-1-7-20)19-5-3-18-4-6-19;/h8-9,13,18,20H,1-7H2;1H/t13-;/m1./s1. The quantitative estimate of drug-likeness (QED) is 0.816. The topological polar surface area (TPSA) is 35.5 Å². The molecule has 1 aromatic rings. The molecular formula is C14H20ClF3N2O. The fourth-order valence-electron chi connectivity index (χ4n) is 2.63. The Kier molecular flexibility index (Phi) is 7.45. The van der Waals surface area contributed by atoms with Crippen molar-refractivity contribution in [3.8, 4) is 0 Å². The SMILES string of the molecule is Cl.OCCC[C@H](c1cc(F)cc(F)c1F)N1CCNCC1. The van der Waals surface area contributed by atoms with Gasteiger partial charge in [0.2, 0.25) is 0 Å². The normalized spacial score (nSPS) is 17.3. The van der Waals surface area contributed by atoms with Crippen LogP contribution < -0.4 is 5.32 Å². The molecular weight excluding hydrogens is 305 g/mol. The Morgan fingerprint density at radius 2 is 1.86 bits per heavy atom. The van der Waals surface area contributed by atoms with E-state index in [1.54, 1.807) is 0 Å². The molecule has 1 heterocycles. The van der Waals surface area contributed by atoms with Crippen LogP contribution in [0.15, 0.2) is 12.1 Å². The molecule has 1 aromatic carbocycles. The number of halogens is 4. The Labute approximate surface area is 128 Å². The van der Waals surface area contributed by atoms with E-state index in [4.69, 9.17) is 5.11 Å². The molecule has 3 nitrogen and oxygen atoms in total. The van der Waals surface area contributed by atoms with Gasteiger partial charge in [0, 0.05) is 50.5 Å². The highest BCUT2D eigenvalue weighted by Gasteiger charge is 2.26.